The summed E-state index contributed by atoms with van der Waals surface area (Å²) in [5.41, 5.74) is 2.55. The summed E-state index contributed by atoms with van der Waals surface area (Å²) in [6.45, 7) is 8.52. The molecule has 0 aliphatic heterocycles. The first-order valence-electron chi connectivity index (χ1n) is 10.2. The SMILES string of the molecule is CCCOCOc1c2c(c(OCOCCC)c3ccccc13)CC(C)CC2. The maximum Gasteiger partial charge on any atom is 0.189 e. The van der Waals surface area contributed by atoms with Gasteiger partial charge in [0.2, 0.25) is 0 Å². The van der Waals surface area contributed by atoms with Crippen LogP contribution in [0.25, 0.3) is 10.8 Å². The smallest absolute Gasteiger partial charge is 0.189 e. The van der Waals surface area contributed by atoms with Crippen molar-refractivity contribution >= 4 is 10.8 Å². The van der Waals surface area contributed by atoms with Crippen molar-refractivity contribution in [1.29, 1.82) is 0 Å². The Morgan fingerprint density at radius 3 is 1.96 bits per heavy atom. The van der Waals surface area contributed by atoms with Gasteiger partial charge in [0, 0.05) is 21.9 Å². The summed E-state index contributed by atoms with van der Waals surface area (Å²) in [5.74, 6) is 2.57. The second-order valence-corrected chi connectivity index (χ2v) is 7.35. The molecule has 0 bridgehead atoms. The lowest BCUT2D eigenvalue weighted by molar-refractivity contribution is 0.0135. The van der Waals surface area contributed by atoms with Crippen LogP contribution in [0.1, 0.15) is 51.2 Å². The fourth-order valence-corrected chi connectivity index (χ4v) is 3.74. The molecule has 0 saturated heterocycles. The molecule has 4 nitrogen and oxygen atoms in total. The summed E-state index contributed by atoms with van der Waals surface area (Å²) < 4.78 is 23.5. The molecule has 0 aromatic heterocycles. The molecule has 0 spiro atoms. The Morgan fingerprint density at radius 1 is 0.852 bits per heavy atom. The van der Waals surface area contributed by atoms with Crippen LogP contribution in [0.2, 0.25) is 0 Å². The van der Waals surface area contributed by atoms with E-state index in [1.807, 2.05) is 0 Å². The number of fused-ring (bicyclic) bond motifs is 2. The third-order valence-corrected chi connectivity index (χ3v) is 5.04. The summed E-state index contributed by atoms with van der Waals surface area (Å²) >= 11 is 0. The van der Waals surface area contributed by atoms with Gasteiger partial charge >= 0.3 is 0 Å². The van der Waals surface area contributed by atoms with Gasteiger partial charge in [-0.3, -0.25) is 0 Å². The van der Waals surface area contributed by atoms with Crippen molar-refractivity contribution < 1.29 is 18.9 Å². The van der Waals surface area contributed by atoms with E-state index < -0.39 is 0 Å². The number of benzene rings is 2. The molecule has 0 amide bonds. The molecule has 3 rings (SSSR count). The van der Waals surface area contributed by atoms with Gasteiger partial charge in [0.15, 0.2) is 13.6 Å². The van der Waals surface area contributed by atoms with Crippen LogP contribution in [-0.4, -0.2) is 26.8 Å². The van der Waals surface area contributed by atoms with Gasteiger partial charge in [0.1, 0.15) is 11.5 Å². The van der Waals surface area contributed by atoms with Gasteiger partial charge in [0.25, 0.3) is 0 Å². The van der Waals surface area contributed by atoms with E-state index in [4.69, 9.17) is 18.9 Å². The molecular weight excluding hydrogens is 340 g/mol. The Morgan fingerprint density at radius 2 is 1.41 bits per heavy atom. The molecule has 1 atom stereocenters. The van der Waals surface area contributed by atoms with E-state index in [1.54, 1.807) is 0 Å². The zero-order chi connectivity index (χ0) is 19.1. The minimum absolute atomic E-state index is 0.290. The zero-order valence-electron chi connectivity index (χ0n) is 16.9. The van der Waals surface area contributed by atoms with Crippen LogP contribution in [0, 0.1) is 5.92 Å². The minimum Gasteiger partial charge on any atom is -0.467 e. The van der Waals surface area contributed by atoms with Crippen molar-refractivity contribution in [3.63, 3.8) is 0 Å². The highest BCUT2D eigenvalue weighted by Crippen LogP contribution is 2.45. The topological polar surface area (TPSA) is 36.9 Å². The summed E-state index contributed by atoms with van der Waals surface area (Å²) in [5, 5.41) is 2.19. The molecule has 1 aliphatic carbocycles. The van der Waals surface area contributed by atoms with Crippen molar-refractivity contribution in [3.05, 3.63) is 35.4 Å². The molecule has 0 N–H and O–H groups in total. The highest BCUT2D eigenvalue weighted by molar-refractivity contribution is 5.96. The van der Waals surface area contributed by atoms with Crippen molar-refractivity contribution in [2.75, 3.05) is 26.8 Å². The molecule has 0 fully saturated rings. The lowest BCUT2D eigenvalue weighted by atomic mass is 9.82. The molecular formula is C23H32O4. The van der Waals surface area contributed by atoms with Crippen LogP contribution in [0.4, 0.5) is 0 Å². The first-order valence-corrected chi connectivity index (χ1v) is 10.2. The lowest BCUT2D eigenvalue weighted by Crippen LogP contribution is -2.17. The molecule has 0 saturated carbocycles. The fourth-order valence-electron chi connectivity index (χ4n) is 3.74. The highest BCUT2D eigenvalue weighted by Gasteiger charge is 2.26. The molecule has 27 heavy (non-hydrogen) atoms. The Kier molecular flexibility index (Phi) is 7.36. The standard InChI is InChI=1S/C23H32O4/c1-4-12-24-15-26-22-18-8-6-7-9-19(18)23(27-16-25-13-5-2)21-14-17(3)10-11-20(21)22/h6-9,17H,4-5,10-16H2,1-3H3. The number of hydrogen-bond acceptors (Lipinski definition) is 4. The summed E-state index contributed by atoms with van der Waals surface area (Å²) in [6, 6.07) is 8.34. The fraction of sp³-hybridized carbons (Fsp3) is 0.565. The first-order chi connectivity index (χ1) is 13.3. The third-order valence-electron chi connectivity index (χ3n) is 5.04. The first kappa shape index (κ1) is 20.0. The van der Waals surface area contributed by atoms with E-state index in [0.29, 0.717) is 32.7 Å². The molecule has 0 heterocycles. The van der Waals surface area contributed by atoms with Gasteiger partial charge in [-0.15, -0.1) is 0 Å². The van der Waals surface area contributed by atoms with Crippen molar-refractivity contribution in [2.45, 2.75) is 52.9 Å². The van der Waals surface area contributed by atoms with Crippen molar-refractivity contribution in [1.82, 2.24) is 0 Å². The third kappa shape index (κ3) is 4.74. The highest BCUT2D eigenvalue weighted by atomic mass is 16.7. The minimum atomic E-state index is 0.290. The van der Waals surface area contributed by atoms with E-state index in [0.717, 1.165) is 48.0 Å². The number of hydrogen-bond donors (Lipinski definition) is 0. The monoisotopic (exact) mass is 372 g/mol. The Labute approximate surface area is 162 Å². The zero-order valence-corrected chi connectivity index (χ0v) is 16.9. The molecule has 148 valence electrons. The average Bonchev–Trinajstić information content (AvgIpc) is 2.69. The lowest BCUT2D eigenvalue weighted by Gasteiger charge is -2.28. The van der Waals surface area contributed by atoms with Crippen LogP contribution in [0.5, 0.6) is 11.5 Å². The van der Waals surface area contributed by atoms with Crippen LogP contribution < -0.4 is 9.47 Å². The van der Waals surface area contributed by atoms with Gasteiger partial charge < -0.3 is 18.9 Å². The predicted octanol–water partition coefficient (Wildman–Crippen LogP) is 5.49. The van der Waals surface area contributed by atoms with Crippen molar-refractivity contribution in [3.8, 4) is 11.5 Å². The molecule has 1 aliphatic rings. The second-order valence-electron chi connectivity index (χ2n) is 7.35. The average molecular weight is 373 g/mol. The van der Waals surface area contributed by atoms with E-state index in [2.05, 4.69) is 45.0 Å². The van der Waals surface area contributed by atoms with E-state index in [1.165, 1.54) is 17.5 Å². The van der Waals surface area contributed by atoms with Crippen LogP contribution in [0.3, 0.4) is 0 Å². The predicted molar refractivity (Wildman–Crippen MR) is 109 cm³/mol. The Bertz CT molecular complexity index is 741. The van der Waals surface area contributed by atoms with Gasteiger partial charge in [-0.25, -0.2) is 0 Å². The van der Waals surface area contributed by atoms with E-state index >= 15 is 0 Å². The Balaban J connectivity index is 1.99. The number of ether oxygens (including phenoxy) is 4. The molecule has 1 unspecified atom stereocenters. The molecule has 2 aromatic rings. The maximum atomic E-state index is 6.16. The summed E-state index contributed by atoms with van der Waals surface area (Å²) in [6.07, 6.45) is 5.17. The Hall–Kier alpha value is -1.78. The van der Waals surface area contributed by atoms with Crippen LogP contribution in [-0.2, 0) is 22.3 Å². The molecule has 2 aromatic carbocycles. The summed E-state index contributed by atoms with van der Waals surface area (Å²) in [4.78, 5) is 0. The van der Waals surface area contributed by atoms with Gasteiger partial charge in [-0.2, -0.15) is 0 Å². The largest absolute Gasteiger partial charge is 0.467 e. The van der Waals surface area contributed by atoms with Gasteiger partial charge in [0.05, 0.1) is 13.2 Å². The van der Waals surface area contributed by atoms with E-state index in [-0.39, 0.29) is 0 Å². The quantitative estimate of drug-likeness (QED) is 0.408. The number of rotatable bonds is 10. The maximum absolute atomic E-state index is 6.16. The summed E-state index contributed by atoms with van der Waals surface area (Å²) in [7, 11) is 0. The molecule has 4 heteroatoms. The van der Waals surface area contributed by atoms with Crippen LogP contribution >= 0.6 is 0 Å². The molecule has 0 radical (unpaired) electrons. The van der Waals surface area contributed by atoms with Crippen LogP contribution in [0.15, 0.2) is 24.3 Å². The normalized spacial score (nSPS) is 16.3. The second kappa shape index (κ2) is 9.95. The van der Waals surface area contributed by atoms with Crippen molar-refractivity contribution in [2.24, 2.45) is 5.92 Å². The van der Waals surface area contributed by atoms with Gasteiger partial charge in [-0.1, -0.05) is 45.0 Å². The van der Waals surface area contributed by atoms with Gasteiger partial charge in [-0.05, 0) is 38.0 Å². The van der Waals surface area contributed by atoms with E-state index in [9.17, 15) is 0 Å².